The quantitative estimate of drug-likeness (QED) is 0.789. The molecule has 20 heavy (non-hydrogen) atoms. The topological polar surface area (TPSA) is 26.3 Å². The molecule has 1 fully saturated rings. The third kappa shape index (κ3) is 2.59. The summed E-state index contributed by atoms with van der Waals surface area (Å²) >= 11 is 1.59. The number of rotatable bonds is 3. The first-order chi connectivity index (χ1) is 9.67. The molecule has 0 radical (unpaired) electrons. The Morgan fingerprint density at radius 2 is 1.65 bits per heavy atom. The Balaban J connectivity index is 1.79. The van der Waals surface area contributed by atoms with Crippen molar-refractivity contribution in [3.63, 3.8) is 0 Å². The maximum Gasteiger partial charge on any atom is 0.323 e. The number of hydrogen-bond acceptors (Lipinski definition) is 3. The van der Waals surface area contributed by atoms with Gasteiger partial charge in [0.05, 0.1) is 0 Å². The second kappa shape index (κ2) is 5.33. The largest absolute Gasteiger partial charge is 0.456 e. The van der Waals surface area contributed by atoms with Gasteiger partial charge in [-0.1, -0.05) is 48.5 Å². The number of benzene rings is 2. The van der Waals surface area contributed by atoms with Crippen LogP contribution in [0, 0.1) is 0 Å². The second-order valence-corrected chi connectivity index (χ2v) is 6.73. The molecule has 102 valence electrons. The summed E-state index contributed by atoms with van der Waals surface area (Å²) in [6, 6.07) is 19.9. The Morgan fingerprint density at radius 3 is 2.30 bits per heavy atom. The molecule has 0 spiro atoms. The Bertz CT molecular complexity index is 597. The molecule has 3 rings (SSSR count). The first kappa shape index (κ1) is 13.3. The molecule has 1 aliphatic rings. The number of carbonyl (C=O) groups is 1. The van der Waals surface area contributed by atoms with Gasteiger partial charge in [-0.25, -0.2) is 0 Å². The lowest BCUT2D eigenvalue weighted by Crippen LogP contribution is -2.25. The maximum atomic E-state index is 12.2. The summed E-state index contributed by atoms with van der Waals surface area (Å²) in [6.07, 6.45) is 0.569. The zero-order valence-electron chi connectivity index (χ0n) is 11.3. The zero-order chi connectivity index (χ0) is 14.0. The molecule has 2 nitrogen and oxygen atoms in total. The van der Waals surface area contributed by atoms with Gasteiger partial charge in [0.25, 0.3) is 0 Å². The van der Waals surface area contributed by atoms with E-state index in [1.807, 2.05) is 67.6 Å². The van der Waals surface area contributed by atoms with Gasteiger partial charge in [-0.3, -0.25) is 4.79 Å². The molecule has 1 saturated heterocycles. The fraction of sp³-hybridized carbons (Fsp3) is 0.235. The molecule has 0 saturated carbocycles. The van der Waals surface area contributed by atoms with Crippen molar-refractivity contribution in [2.75, 3.05) is 0 Å². The summed E-state index contributed by atoms with van der Waals surface area (Å²) in [4.78, 5) is 13.3. The third-order valence-electron chi connectivity index (χ3n) is 3.51. The van der Waals surface area contributed by atoms with E-state index in [2.05, 4.69) is 0 Å². The van der Waals surface area contributed by atoms with Gasteiger partial charge in [-0.2, -0.15) is 0 Å². The van der Waals surface area contributed by atoms with E-state index in [-0.39, 0.29) is 12.1 Å². The molecule has 0 aromatic heterocycles. The van der Waals surface area contributed by atoms with Crippen molar-refractivity contribution in [3.8, 4) is 0 Å². The molecule has 0 unspecified atom stereocenters. The molecular weight excluding hydrogens is 268 g/mol. The van der Waals surface area contributed by atoms with Crippen LogP contribution in [0.25, 0.3) is 0 Å². The highest BCUT2D eigenvalue weighted by molar-refractivity contribution is 8.01. The van der Waals surface area contributed by atoms with Crippen LogP contribution in [0.3, 0.4) is 0 Å². The number of hydrogen-bond donors (Lipinski definition) is 0. The van der Waals surface area contributed by atoms with E-state index in [1.165, 1.54) is 0 Å². The van der Waals surface area contributed by atoms with Gasteiger partial charge < -0.3 is 4.74 Å². The van der Waals surface area contributed by atoms with E-state index in [0.29, 0.717) is 6.42 Å². The summed E-state index contributed by atoms with van der Waals surface area (Å²) < 4.78 is 5.06. The van der Waals surface area contributed by atoms with Crippen molar-refractivity contribution in [3.05, 3.63) is 66.2 Å². The van der Waals surface area contributed by atoms with Crippen molar-refractivity contribution in [2.24, 2.45) is 0 Å². The minimum absolute atomic E-state index is 0.125. The van der Waals surface area contributed by atoms with Crippen molar-refractivity contribution >= 4 is 17.7 Å². The van der Waals surface area contributed by atoms with Crippen LogP contribution in [0.5, 0.6) is 0 Å². The van der Waals surface area contributed by atoms with Gasteiger partial charge in [-0.15, -0.1) is 11.8 Å². The van der Waals surface area contributed by atoms with E-state index in [4.69, 9.17) is 4.74 Å². The summed E-state index contributed by atoms with van der Waals surface area (Å²) in [5.41, 5.74) is 1.07. The molecule has 0 N–H and O–H groups in total. The minimum atomic E-state index is -0.512. The molecular formula is C17H16O2S. The number of esters is 1. The fourth-order valence-electron chi connectivity index (χ4n) is 2.42. The van der Waals surface area contributed by atoms with Gasteiger partial charge in [0.15, 0.2) is 0 Å². The number of carbonyl (C=O) groups excluding carboxylic acids is 1. The summed E-state index contributed by atoms with van der Waals surface area (Å²) in [5, 5.41) is 0. The van der Waals surface area contributed by atoms with Crippen molar-refractivity contribution in [1.82, 2.24) is 0 Å². The normalized spacial score (nSPS) is 25.4. The van der Waals surface area contributed by atoms with Crippen molar-refractivity contribution < 1.29 is 9.53 Å². The van der Waals surface area contributed by atoms with Gasteiger partial charge in [0, 0.05) is 11.3 Å². The minimum Gasteiger partial charge on any atom is -0.456 e. The van der Waals surface area contributed by atoms with E-state index >= 15 is 0 Å². The molecule has 0 aliphatic carbocycles. The Morgan fingerprint density at radius 1 is 1.05 bits per heavy atom. The van der Waals surface area contributed by atoms with Crippen LogP contribution >= 0.6 is 11.8 Å². The average Bonchev–Trinajstić information content (AvgIpc) is 2.77. The van der Waals surface area contributed by atoms with Crippen LogP contribution < -0.4 is 0 Å². The molecule has 3 heteroatoms. The third-order valence-corrected chi connectivity index (χ3v) is 4.81. The lowest BCUT2D eigenvalue weighted by molar-refractivity contribution is -0.143. The number of thioether (sulfide) groups is 1. The fourth-order valence-corrected chi connectivity index (χ4v) is 3.60. The smallest absolute Gasteiger partial charge is 0.323 e. The molecule has 2 atom stereocenters. The highest BCUT2D eigenvalue weighted by Gasteiger charge is 2.46. The highest BCUT2D eigenvalue weighted by atomic mass is 32.2. The SMILES string of the molecule is C[C@@]1(Sc2ccccc2)C[C@@H](c2ccccc2)OC1=O. The monoisotopic (exact) mass is 284 g/mol. The molecule has 1 heterocycles. The molecule has 1 aliphatic heterocycles. The standard InChI is InChI=1S/C17H16O2S/c1-17(20-14-10-6-3-7-11-14)12-15(19-16(17)18)13-8-4-2-5-9-13/h2-11,15H,12H2,1H3/t15-,17+/m0/s1. The Labute approximate surface area is 123 Å². The van der Waals surface area contributed by atoms with E-state index < -0.39 is 4.75 Å². The van der Waals surface area contributed by atoms with Crippen LogP contribution in [-0.2, 0) is 9.53 Å². The van der Waals surface area contributed by atoms with Gasteiger partial charge in [0.2, 0.25) is 0 Å². The summed E-state index contributed by atoms with van der Waals surface area (Å²) in [7, 11) is 0. The van der Waals surface area contributed by atoms with Crippen LogP contribution in [0.15, 0.2) is 65.6 Å². The zero-order valence-corrected chi connectivity index (χ0v) is 12.1. The molecule has 2 aromatic carbocycles. The van der Waals surface area contributed by atoms with Crippen molar-refractivity contribution in [1.29, 1.82) is 0 Å². The predicted octanol–water partition coefficient (Wildman–Crippen LogP) is 4.23. The first-order valence-electron chi connectivity index (χ1n) is 6.67. The second-order valence-electron chi connectivity index (χ2n) is 5.15. The van der Waals surface area contributed by atoms with Gasteiger partial charge in [-0.05, 0) is 24.6 Å². The van der Waals surface area contributed by atoms with Crippen LogP contribution in [-0.4, -0.2) is 10.7 Å². The molecule has 2 aromatic rings. The maximum absolute atomic E-state index is 12.2. The van der Waals surface area contributed by atoms with E-state index in [9.17, 15) is 4.79 Å². The first-order valence-corrected chi connectivity index (χ1v) is 7.49. The lowest BCUT2D eigenvalue weighted by atomic mass is 10.0. The molecule has 0 bridgehead atoms. The summed E-state index contributed by atoms with van der Waals surface area (Å²) in [5.74, 6) is -0.125. The van der Waals surface area contributed by atoms with Gasteiger partial charge >= 0.3 is 5.97 Å². The Kier molecular flexibility index (Phi) is 3.53. The number of ether oxygens (including phenoxy) is 1. The van der Waals surface area contributed by atoms with E-state index in [0.717, 1.165) is 10.5 Å². The summed E-state index contributed by atoms with van der Waals surface area (Å²) in [6.45, 7) is 1.97. The highest BCUT2D eigenvalue weighted by Crippen LogP contribution is 2.46. The number of cyclic esters (lactones) is 1. The van der Waals surface area contributed by atoms with Crippen LogP contribution in [0.4, 0.5) is 0 Å². The van der Waals surface area contributed by atoms with Crippen LogP contribution in [0.2, 0.25) is 0 Å². The molecule has 0 amide bonds. The predicted molar refractivity (Wildman–Crippen MR) is 80.6 cm³/mol. The van der Waals surface area contributed by atoms with Crippen LogP contribution in [0.1, 0.15) is 25.0 Å². The Hall–Kier alpha value is -1.74. The average molecular weight is 284 g/mol. The van der Waals surface area contributed by atoms with E-state index in [1.54, 1.807) is 11.8 Å². The lowest BCUT2D eigenvalue weighted by Gasteiger charge is -2.18. The van der Waals surface area contributed by atoms with Gasteiger partial charge in [0.1, 0.15) is 10.9 Å². The van der Waals surface area contributed by atoms with Crippen molar-refractivity contribution in [2.45, 2.75) is 29.1 Å².